The smallest absolute Gasteiger partial charge is 0.175 e. The summed E-state index contributed by atoms with van der Waals surface area (Å²) >= 11 is 6.33. The fourth-order valence-corrected chi connectivity index (χ4v) is 3.97. The van der Waals surface area contributed by atoms with Gasteiger partial charge in [-0.25, -0.2) is 8.42 Å². The number of halogens is 1. The minimum Gasteiger partial charge on any atom is -0.495 e. The normalized spacial score (nSPS) is 14.6. The molecule has 0 aromatic heterocycles. The lowest BCUT2D eigenvalue weighted by Crippen LogP contribution is -1.97. The van der Waals surface area contributed by atoms with Crippen LogP contribution in [0, 0.1) is 5.92 Å². The largest absolute Gasteiger partial charge is 0.495 e. The van der Waals surface area contributed by atoms with Crippen LogP contribution in [-0.2, 0) is 9.84 Å². The molecule has 0 spiro atoms. The van der Waals surface area contributed by atoms with E-state index in [-0.39, 0.29) is 0 Å². The second kappa shape index (κ2) is 9.62. The van der Waals surface area contributed by atoms with Gasteiger partial charge in [-0.1, -0.05) is 43.6 Å². The zero-order valence-electron chi connectivity index (χ0n) is 17.3. The molecule has 28 heavy (non-hydrogen) atoms. The van der Waals surface area contributed by atoms with Crippen molar-refractivity contribution in [2.75, 3.05) is 13.4 Å². The van der Waals surface area contributed by atoms with Crippen LogP contribution >= 0.6 is 11.6 Å². The number of hydrogen-bond acceptors (Lipinski definition) is 3. The number of allylic oxidation sites excluding steroid dienone is 2. The number of hydrogen-bond donors (Lipinski definition) is 0. The summed E-state index contributed by atoms with van der Waals surface area (Å²) in [5.41, 5.74) is 4.52. The van der Waals surface area contributed by atoms with Crippen molar-refractivity contribution in [2.24, 2.45) is 5.92 Å². The minimum atomic E-state index is -3.19. The number of ether oxygens (including phenoxy) is 1. The van der Waals surface area contributed by atoms with Gasteiger partial charge in [-0.2, -0.15) is 0 Å². The highest BCUT2D eigenvalue weighted by Gasteiger charge is 2.24. The Labute approximate surface area is 174 Å². The van der Waals surface area contributed by atoms with Crippen LogP contribution in [0.3, 0.4) is 0 Å². The summed E-state index contributed by atoms with van der Waals surface area (Å²) in [6.45, 7) is 6.09. The molecule has 0 radical (unpaired) electrons. The number of rotatable bonds is 6. The van der Waals surface area contributed by atoms with Gasteiger partial charge in [0, 0.05) is 6.26 Å². The second-order valence-corrected chi connectivity index (χ2v) is 9.32. The molecule has 0 heterocycles. The molecule has 2 aromatic rings. The van der Waals surface area contributed by atoms with E-state index in [1.165, 1.54) is 24.7 Å². The first-order valence-corrected chi connectivity index (χ1v) is 11.9. The summed E-state index contributed by atoms with van der Waals surface area (Å²) in [4.78, 5) is 0.338. The first kappa shape index (κ1) is 22.5. The van der Waals surface area contributed by atoms with Crippen molar-refractivity contribution in [2.45, 2.75) is 44.9 Å². The molecule has 152 valence electrons. The number of sulfone groups is 1. The van der Waals surface area contributed by atoms with Crippen molar-refractivity contribution < 1.29 is 13.2 Å². The zero-order valence-corrected chi connectivity index (χ0v) is 18.8. The van der Waals surface area contributed by atoms with Crippen molar-refractivity contribution in [1.82, 2.24) is 0 Å². The van der Waals surface area contributed by atoms with E-state index < -0.39 is 9.84 Å². The van der Waals surface area contributed by atoms with Crippen molar-refractivity contribution in [3.05, 3.63) is 58.6 Å². The van der Waals surface area contributed by atoms with E-state index in [2.05, 4.69) is 6.92 Å². The van der Waals surface area contributed by atoms with Crippen LogP contribution < -0.4 is 4.74 Å². The van der Waals surface area contributed by atoms with Gasteiger partial charge in [0.2, 0.25) is 0 Å². The van der Waals surface area contributed by atoms with Gasteiger partial charge in [0.25, 0.3) is 0 Å². The summed E-state index contributed by atoms with van der Waals surface area (Å²) < 4.78 is 28.6. The van der Waals surface area contributed by atoms with Gasteiger partial charge in [0.05, 0.1) is 17.0 Å². The predicted molar refractivity (Wildman–Crippen MR) is 119 cm³/mol. The third kappa shape index (κ3) is 5.62. The fraction of sp³-hybridized carbons (Fsp3) is 0.391. The highest BCUT2D eigenvalue weighted by molar-refractivity contribution is 7.90. The molecule has 0 unspecified atom stereocenters. The van der Waals surface area contributed by atoms with E-state index in [1.807, 2.05) is 44.2 Å². The molecular formula is C23H29ClO3S. The first-order valence-electron chi connectivity index (χ1n) is 9.63. The van der Waals surface area contributed by atoms with Crippen LogP contribution in [0.5, 0.6) is 5.75 Å². The van der Waals surface area contributed by atoms with Crippen molar-refractivity contribution in [3.8, 4) is 5.75 Å². The standard InChI is InChI=1S/C21H23ClO3S.C2H6/c1-14(16-6-9-18(10-7-16)26(3,23)24)19(12-15-4-5-15)17-8-11-21(25-2)20(22)13-17;1-2/h6-11,13,15H,4-5,12H2,1-3H3;1-2H3/b19-14-;. The number of benzene rings is 2. The highest BCUT2D eigenvalue weighted by atomic mass is 35.5. The van der Waals surface area contributed by atoms with Gasteiger partial charge in [0.15, 0.2) is 9.84 Å². The van der Waals surface area contributed by atoms with Gasteiger partial charge in [-0.05, 0) is 78.6 Å². The fourth-order valence-electron chi connectivity index (χ4n) is 3.08. The van der Waals surface area contributed by atoms with E-state index in [9.17, 15) is 8.42 Å². The Morgan fingerprint density at radius 2 is 1.64 bits per heavy atom. The highest BCUT2D eigenvalue weighted by Crippen LogP contribution is 2.42. The second-order valence-electron chi connectivity index (χ2n) is 6.90. The van der Waals surface area contributed by atoms with Gasteiger partial charge in [-0.15, -0.1) is 0 Å². The molecule has 0 amide bonds. The van der Waals surface area contributed by atoms with Crippen LogP contribution in [0.15, 0.2) is 47.4 Å². The van der Waals surface area contributed by atoms with Crippen LogP contribution in [0.4, 0.5) is 0 Å². The Morgan fingerprint density at radius 3 is 2.11 bits per heavy atom. The molecule has 0 aliphatic heterocycles. The summed E-state index contributed by atoms with van der Waals surface area (Å²) in [5.74, 6) is 1.38. The Hall–Kier alpha value is -1.78. The van der Waals surface area contributed by atoms with Crippen molar-refractivity contribution in [3.63, 3.8) is 0 Å². The molecule has 0 N–H and O–H groups in total. The summed E-state index contributed by atoms with van der Waals surface area (Å²) in [7, 11) is -1.58. The van der Waals surface area contributed by atoms with Crippen LogP contribution in [0.1, 0.15) is 51.2 Å². The van der Waals surface area contributed by atoms with Gasteiger partial charge < -0.3 is 4.74 Å². The van der Waals surface area contributed by atoms with Crippen molar-refractivity contribution in [1.29, 1.82) is 0 Å². The maximum Gasteiger partial charge on any atom is 0.175 e. The predicted octanol–water partition coefficient (Wildman–Crippen LogP) is 6.51. The molecule has 1 fully saturated rings. The molecule has 2 aromatic carbocycles. The Morgan fingerprint density at radius 1 is 1.07 bits per heavy atom. The third-order valence-corrected chi connectivity index (χ3v) is 6.28. The summed E-state index contributed by atoms with van der Waals surface area (Å²) in [6, 6.07) is 13.0. The first-order chi connectivity index (χ1) is 13.3. The maximum atomic E-state index is 11.7. The lowest BCUT2D eigenvalue weighted by molar-refractivity contribution is 0.415. The average Bonchev–Trinajstić information content (AvgIpc) is 3.51. The molecule has 0 saturated heterocycles. The van der Waals surface area contributed by atoms with Gasteiger partial charge >= 0.3 is 0 Å². The summed E-state index contributed by atoms with van der Waals surface area (Å²) in [5, 5.41) is 0.596. The van der Waals surface area contributed by atoms with Crippen LogP contribution in [-0.4, -0.2) is 21.8 Å². The van der Waals surface area contributed by atoms with Crippen LogP contribution in [0.25, 0.3) is 11.1 Å². The molecule has 1 saturated carbocycles. The minimum absolute atomic E-state index is 0.338. The molecule has 3 rings (SSSR count). The zero-order chi connectivity index (χ0) is 20.9. The molecule has 1 aliphatic rings. The molecular weight excluding hydrogens is 392 g/mol. The quantitative estimate of drug-likeness (QED) is 0.500. The van der Waals surface area contributed by atoms with Gasteiger partial charge in [-0.3, -0.25) is 0 Å². The third-order valence-electron chi connectivity index (χ3n) is 4.86. The van der Waals surface area contributed by atoms with E-state index in [0.717, 1.165) is 29.0 Å². The van der Waals surface area contributed by atoms with Crippen LogP contribution in [0.2, 0.25) is 5.02 Å². The Bertz CT molecular complexity index is 940. The van der Waals surface area contributed by atoms with E-state index in [1.54, 1.807) is 19.2 Å². The topological polar surface area (TPSA) is 43.4 Å². The van der Waals surface area contributed by atoms with E-state index in [0.29, 0.717) is 15.7 Å². The molecule has 3 nitrogen and oxygen atoms in total. The van der Waals surface area contributed by atoms with E-state index in [4.69, 9.17) is 16.3 Å². The lowest BCUT2D eigenvalue weighted by atomic mass is 9.92. The van der Waals surface area contributed by atoms with E-state index >= 15 is 0 Å². The monoisotopic (exact) mass is 420 g/mol. The number of methoxy groups -OCH3 is 1. The maximum absolute atomic E-state index is 11.7. The molecule has 5 heteroatoms. The lowest BCUT2D eigenvalue weighted by Gasteiger charge is -2.15. The Kier molecular flexibility index (Phi) is 7.73. The van der Waals surface area contributed by atoms with Gasteiger partial charge in [0.1, 0.15) is 5.75 Å². The van der Waals surface area contributed by atoms with Crippen molar-refractivity contribution >= 4 is 32.6 Å². The Balaban J connectivity index is 0.00000136. The molecule has 1 aliphatic carbocycles. The SMILES string of the molecule is CC.COc1ccc(/C(CC2CC2)=C(/C)c2ccc(S(C)(=O)=O)cc2)cc1Cl. The molecule has 0 bridgehead atoms. The molecule has 0 atom stereocenters. The summed E-state index contributed by atoms with van der Waals surface area (Å²) in [6.07, 6.45) is 4.74. The average molecular weight is 421 g/mol.